The zero-order chi connectivity index (χ0) is 19.3. The highest BCUT2D eigenvalue weighted by molar-refractivity contribution is 8.26. The molecule has 0 radical (unpaired) electrons. The van der Waals surface area contributed by atoms with Gasteiger partial charge in [0.15, 0.2) is 5.84 Å². The van der Waals surface area contributed by atoms with Crippen molar-refractivity contribution in [2.75, 3.05) is 0 Å². The number of hydrogen-bond acceptors (Lipinski definition) is 5. The zero-order valence-electron chi connectivity index (χ0n) is 15.0. The number of fused-ring (bicyclic) bond motifs is 1. The molecule has 0 aliphatic carbocycles. The lowest BCUT2D eigenvalue weighted by molar-refractivity contribution is -0.114. The maximum atomic E-state index is 12.4. The van der Waals surface area contributed by atoms with Crippen LogP contribution >= 0.6 is 11.8 Å². The van der Waals surface area contributed by atoms with Crippen LogP contribution in [0, 0.1) is 19.3 Å². The van der Waals surface area contributed by atoms with Gasteiger partial charge in [-0.25, -0.2) is 0 Å². The largest absolute Gasteiger partial charge is 0.508 e. The number of benzene rings is 1. The fourth-order valence-corrected chi connectivity index (χ4v) is 3.91. The summed E-state index contributed by atoms with van der Waals surface area (Å²) in [6.07, 6.45) is 1.69. The molecule has 0 unspecified atom stereocenters. The minimum atomic E-state index is -0.432. The van der Waals surface area contributed by atoms with E-state index < -0.39 is 5.91 Å². The summed E-state index contributed by atoms with van der Waals surface area (Å²) in [6.45, 7) is 5.74. The number of nitrogens with zero attached hydrogens (tertiary/aromatic N) is 4. The van der Waals surface area contributed by atoms with E-state index in [2.05, 4.69) is 10.1 Å². The Morgan fingerprint density at radius 2 is 1.89 bits per heavy atom. The topological polar surface area (TPSA) is 94.0 Å². The first-order chi connectivity index (χ1) is 12.8. The molecule has 0 fully saturated rings. The number of carbonyl (C=O) groups excluding carboxylic acids is 1. The average Bonchev–Trinajstić information content (AvgIpc) is 3.12. The molecule has 7 nitrogen and oxygen atoms in total. The van der Waals surface area contributed by atoms with Gasteiger partial charge in [-0.15, -0.1) is 0 Å². The van der Waals surface area contributed by atoms with Crippen molar-refractivity contribution in [2.45, 2.75) is 20.8 Å². The molecular weight excluding hydrogens is 362 g/mol. The number of aliphatic imine (C=N–C) groups is 1. The number of aryl methyl sites for hydroxylation is 1. The Morgan fingerprint density at radius 3 is 2.59 bits per heavy atom. The predicted octanol–water partition coefficient (Wildman–Crippen LogP) is 3.44. The number of phenols is 1. The normalized spacial score (nSPS) is 18.0. The molecule has 2 aliphatic heterocycles. The molecule has 0 atom stereocenters. The van der Waals surface area contributed by atoms with Gasteiger partial charge in [-0.2, -0.15) is 15.1 Å². The number of carbonyl (C=O) groups is 1. The van der Waals surface area contributed by atoms with Crippen molar-refractivity contribution in [3.05, 3.63) is 52.9 Å². The van der Waals surface area contributed by atoms with E-state index in [0.717, 1.165) is 27.7 Å². The second kappa shape index (κ2) is 6.24. The van der Waals surface area contributed by atoms with E-state index in [1.807, 2.05) is 43.5 Å². The van der Waals surface area contributed by atoms with Gasteiger partial charge in [-0.1, -0.05) is 0 Å². The molecule has 2 N–H and O–H groups in total. The van der Waals surface area contributed by atoms with E-state index in [-0.39, 0.29) is 17.2 Å². The maximum Gasteiger partial charge on any atom is 0.283 e. The van der Waals surface area contributed by atoms with Crippen LogP contribution < -0.4 is 0 Å². The van der Waals surface area contributed by atoms with Crippen LogP contribution in [-0.4, -0.2) is 36.6 Å². The van der Waals surface area contributed by atoms with Crippen LogP contribution in [0.25, 0.3) is 11.8 Å². The number of amidine groups is 2. The van der Waals surface area contributed by atoms with Crippen molar-refractivity contribution in [1.82, 2.24) is 9.58 Å². The standard InChI is InChI=1S/C19H17N5O2S/c1-10-8-13(11(2)23(10)14-4-6-15(25)7-5-14)9-16-17(20)24-19(21-18(16)26)27-12(3)22-24/h4-9,20,25H,1-3H3/b16-9-,20-17?. The summed E-state index contributed by atoms with van der Waals surface area (Å²) in [5.74, 6) is -0.195. The Labute approximate surface area is 160 Å². The van der Waals surface area contributed by atoms with Crippen molar-refractivity contribution in [3.63, 3.8) is 0 Å². The van der Waals surface area contributed by atoms with Crippen molar-refractivity contribution < 1.29 is 9.90 Å². The third-order valence-corrected chi connectivity index (χ3v) is 5.26. The minimum absolute atomic E-state index is 0.0313. The molecule has 1 aromatic heterocycles. The molecule has 2 aliphatic rings. The predicted molar refractivity (Wildman–Crippen MR) is 108 cm³/mol. The van der Waals surface area contributed by atoms with E-state index in [1.165, 1.54) is 16.8 Å². The van der Waals surface area contributed by atoms with Gasteiger partial charge in [0.25, 0.3) is 5.91 Å². The average molecular weight is 379 g/mol. The summed E-state index contributed by atoms with van der Waals surface area (Å²) < 4.78 is 2.03. The van der Waals surface area contributed by atoms with Crippen LogP contribution in [0.2, 0.25) is 0 Å². The smallest absolute Gasteiger partial charge is 0.283 e. The number of aromatic hydroxyl groups is 1. The monoisotopic (exact) mass is 379 g/mol. The Hall–Kier alpha value is -3.13. The summed E-state index contributed by atoms with van der Waals surface area (Å²) in [4.78, 5) is 16.5. The van der Waals surface area contributed by atoms with Gasteiger partial charge in [-0.3, -0.25) is 10.2 Å². The molecule has 0 saturated heterocycles. The van der Waals surface area contributed by atoms with Crippen molar-refractivity contribution >= 4 is 39.8 Å². The number of aromatic nitrogens is 1. The molecule has 136 valence electrons. The highest BCUT2D eigenvalue weighted by Gasteiger charge is 2.34. The van der Waals surface area contributed by atoms with Crippen molar-refractivity contribution in [1.29, 1.82) is 5.41 Å². The number of thioether (sulfide) groups is 1. The number of nitrogens with one attached hydrogen (secondary N) is 1. The van der Waals surface area contributed by atoms with Gasteiger partial charge in [0.1, 0.15) is 5.75 Å². The number of phenolic OH excluding ortho intramolecular Hbond substituents is 1. The molecule has 1 aromatic carbocycles. The fourth-order valence-electron chi connectivity index (χ4n) is 3.18. The van der Waals surface area contributed by atoms with Crippen LogP contribution in [0.4, 0.5) is 0 Å². The molecule has 0 bridgehead atoms. The Bertz CT molecular complexity index is 1080. The number of amides is 1. The third kappa shape index (κ3) is 2.87. The lowest BCUT2D eigenvalue weighted by Crippen LogP contribution is -2.35. The van der Waals surface area contributed by atoms with Gasteiger partial charge in [0, 0.05) is 17.1 Å². The summed E-state index contributed by atoms with van der Waals surface area (Å²) in [5, 5.41) is 24.7. The quantitative estimate of drug-likeness (QED) is 0.782. The minimum Gasteiger partial charge on any atom is -0.508 e. The summed E-state index contributed by atoms with van der Waals surface area (Å²) >= 11 is 1.29. The first-order valence-corrected chi connectivity index (χ1v) is 9.12. The molecule has 3 heterocycles. The van der Waals surface area contributed by atoms with Crippen LogP contribution in [0.15, 0.2) is 46.0 Å². The fraction of sp³-hybridized carbons (Fsp3) is 0.158. The molecule has 4 rings (SSSR count). The Kier molecular flexibility index (Phi) is 4.00. The maximum absolute atomic E-state index is 12.4. The van der Waals surface area contributed by atoms with Crippen LogP contribution in [0.3, 0.4) is 0 Å². The Morgan fingerprint density at radius 1 is 1.19 bits per heavy atom. The lowest BCUT2D eigenvalue weighted by Gasteiger charge is -2.20. The van der Waals surface area contributed by atoms with Crippen LogP contribution in [0.1, 0.15) is 23.9 Å². The van der Waals surface area contributed by atoms with E-state index in [1.54, 1.807) is 18.2 Å². The second-order valence-electron chi connectivity index (χ2n) is 6.32. The third-order valence-electron chi connectivity index (χ3n) is 4.43. The zero-order valence-corrected chi connectivity index (χ0v) is 15.8. The molecule has 27 heavy (non-hydrogen) atoms. The summed E-state index contributed by atoms with van der Waals surface area (Å²) in [6, 6.07) is 8.88. The van der Waals surface area contributed by atoms with Crippen molar-refractivity contribution in [2.24, 2.45) is 10.1 Å². The van der Waals surface area contributed by atoms with E-state index >= 15 is 0 Å². The van der Waals surface area contributed by atoms with Crippen LogP contribution in [-0.2, 0) is 4.79 Å². The number of hydrazone groups is 1. The SMILES string of the molecule is CC1=NN2C(=N)/C(=C/c3cc(C)n(-c4ccc(O)cc4)c3C)C(=O)N=C2S1. The first-order valence-electron chi connectivity index (χ1n) is 8.30. The van der Waals surface area contributed by atoms with E-state index in [9.17, 15) is 9.90 Å². The van der Waals surface area contributed by atoms with Gasteiger partial charge < -0.3 is 9.67 Å². The first kappa shape index (κ1) is 17.3. The molecule has 0 spiro atoms. The van der Waals surface area contributed by atoms with Gasteiger partial charge in [-0.05, 0) is 74.5 Å². The second-order valence-corrected chi connectivity index (χ2v) is 7.48. The molecule has 8 heteroatoms. The van der Waals surface area contributed by atoms with Gasteiger partial charge in [0.05, 0.1) is 10.6 Å². The van der Waals surface area contributed by atoms with E-state index in [0.29, 0.717) is 5.17 Å². The van der Waals surface area contributed by atoms with Crippen molar-refractivity contribution in [3.8, 4) is 11.4 Å². The highest BCUT2D eigenvalue weighted by atomic mass is 32.2. The van der Waals surface area contributed by atoms with Crippen LogP contribution in [0.5, 0.6) is 5.75 Å². The Balaban J connectivity index is 1.77. The molecule has 1 amide bonds. The van der Waals surface area contributed by atoms with E-state index in [4.69, 9.17) is 5.41 Å². The molecule has 0 saturated carbocycles. The summed E-state index contributed by atoms with van der Waals surface area (Å²) in [7, 11) is 0. The lowest BCUT2D eigenvalue weighted by atomic mass is 10.1. The number of hydrogen-bond donors (Lipinski definition) is 2. The van der Waals surface area contributed by atoms with Gasteiger partial charge in [0.2, 0.25) is 5.17 Å². The van der Waals surface area contributed by atoms with Gasteiger partial charge >= 0.3 is 0 Å². The molecule has 2 aromatic rings. The summed E-state index contributed by atoms with van der Waals surface area (Å²) in [5.41, 5.74) is 3.86. The highest BCUT2D eigenvalue weighted by Crippen LogP contribution is 2.29. The number of rotatable bonds is 2. The molecular formula is C19H17N5O2S.